The Hall–Kier alpha value is -2.26. The maximum Gasteiger partial charge on any atom is 0.272 e. The van der Waals surface area contributed by atoms with Crippen molar-refractivity contribution < 1.29 is 4.79 Å². The zero-order valence-corrected chi connectivity index (χ0v) is 12.6. The number of halogens is 1. The Kier molecular flexibility index (Phi) is 3.43. The summed E-state index contributed by atoms with van der Waals surface area (Å²) < 4.78 is 0. The SMILES string of the molecule is Cc1ccc2cc(C(=O)Nc3ccc(Cl)cc3C)[nH]c2c1. The molecule has 1 amide bonds. The molecule has 2 aromatic carbocycles. The first-order valence-corrected chi connectivity index (χ1v) is 7.07. The third-order valence-corrected chi connectivity index (χ3v) is 3.69. The van der Waals surface area contributed by atoms with Gasteiger partial charge in [0.15, 0.2) is 0 Å². The van der Waals surface area contributed by atoms with E-state index in [1.54, 1.807) is 6.07 Å². The number of hydrogen-bond donors (Lipinski definition) is 2. The van der Waals surface area contributed by atoms with E-state index >= 15 is 0 Å². The number of nitrogens with one attached hydrogen (secondary N) is 2. The highest BCUT2D eigenvalue weighted by Gasteiger charge is 2.11. The Labute approximate surface area is 127 Å². The Morgan fingerprint density at radius 2 is 1.90 bits per heavy atom. The summed E-state index contributed by atoms with van der Waals surface area (Å²) in [6, 6.07) is 13.3. The van der Waals surface area contributed by atoms with Gasteiger partial charge in [0.2, 0.25) is 0 Å². The third-order valence-electron chi connectivity index (χ3n) is 3.46. The molecule has 2 N–H and O–H groups in total. The molecular formula is C17H15ClN2O. The molecule has 3 rings (SSSR count). The second-order valence-electron chi connectivity index (χ2n) is 5.19. The van der Waals surface area contributed by atoms with Crippen LogP contribution >= 0.6 is 11.6 Å². The maximum absolute atomic E-state index is 12.3. The minimum atomic E-state index is -0.158. The van der Waals surface area contributed by atoms with Crippen LogP contribution in [0.25, 0.3) is 10.9 Å². The number of H-pyrrole nitrogens is 1. The van der Waals surface area contributed by atoms with Gasteiger partial charge in [0, 0.05) is 21.6 Å². The molecule has 0 saturated heterocycles. The van der Waals surface area contributed by atoms with E-state index in [0.717, 1.165) is 27.7 Å². The standard InChI is InChI=1S/C17H15ClN2O/c1-10-3-4-12-9-16(19-15(12)7-10)17(21)20-14-6-5-13(18)8-11(14)2/h3-9,19H,1-2H3,(H,20,21). The van der Waals surface area contributed by atoms with Crippen LogP contribution < -0.4 is 5.32 Å². The van der Waals surface area contributed by atoms with Crippen LogP contribution in [0.2, 0.25) is 5.02 Å². The molecule has 21 heavy (non-hydrogen) atoms. The van der Waals surface area contributed by atoms with E-state index < -0.39 is 0 Å². The minimum absolute atomic E-state index is 0.158. The molecule has 0 bridgehead atoms. The van der Waals surface area contributed by atoms with E-state index in [9.17, 15) is 4.79 Å². The van der Waals surface area contributed by atoms with Gasteiger partial charge < -0.3 is 10.3 Å². The Morgan fingerprint density at radius 3 is 2.67 bits per heavy atom. The van der Waals surface area contributed by atoms with Crippen molar-refractivity contribution in [3.8, 4) is 0 Å². The van der Waals surface area contributed by atoms with Gasteiger partial charge in [-0.25, -0.2) is 0 Å². The first-order valence-electron chi connectivity index (χ1n) is 6.70. The number of carbonyl (C=O) groups excluding carboxylic acids is 1. The van der Waals surface area contributed by atoms with Gasteiger partial charge >= 0.3 is 0 Å². The number of aromatic amines is 1. The Balaban J connectivity index is 1.89. The molecule has 0 unspecified atom stereocenters. The van der Waals surface area contributed by atoms with Crippen molar-refractivity contribution in [2.45, 2.75) is 13.8 Å². The fourth-order valence-corrected chi connectivity index (χ4v) is 2.55. The summed E-state index contributed by atoms with van der Waals surface area (Å²) in [5.41, 5.74) is 4.37. The summed E-state index contributed by atoms with van der Waals surface area (Å²) in [4.78, 5) is 15.5. The van der Waals surface area contributed by atoms with Gasteiger partial charge in [0.1, 0.15) is 5.69 Å². The summed E-state index contributed by atoms with van der Waals surface area (Å²) >= 11 is 5.92. The fourth-order valence-electron chi connectivity index (χ4n) is 2.32. The van der Waals surface area contributed by atoms with Crippen LogP contribution in [0, 0.1) is 13.8 Å². The monoisotopic (exact) mass is 298 g/mol. The molecule has 4 heteroatoms. The smallest absolute Gasteiger partial charge is 0.272 e. The molecule has 0 aliphatic rings. The number of hydrogen-bond acceptors (Lipinski definition) is 1. The molecule has 1 aromatic heterocycles. The molecule has 0 fully saturated rings. The normalized spacial score (nSPS) is 10.8. The predicted molar refractivity (Wildman–Crippen MR) is 87.2 cm³/mol. The predicted octanol–water partition coefficient (Wildman–Crippen LogP) is 4.69. The maximum atomic E-state index is 12.3. The third kappa shape index (κ3) is 2.78. The lowest BCUT2D eigenvalue weighted by molar-refractivity contribution is 0.102. The summed E-state index contributed by atoms with van der Waals surface area (Å²) in [6.07, 6.45) is 0. The number of amides is 1. The van der Waals surface area contributed by atoms with E-state index in [1.165, 1.54) is 0 Å². The first-order chi connectivity index (χ1) is 10.0. The van der Waals surface area contributed by atoms with E-state index in [2.05, 4.69) is 10.3 Å². The van der Waals surface area contributed by atoms with Crippen molar-refractivity contribution in [3.05, 3.63) is 64.3 Å². The van der Waals surface area contributed by atoms with E-state index in [4.69, 9.17) is 11.6 Å². The highest BCUT2D eigenvalue weighted by Crippen LogP contribution is 2.21. The van der Waals surface area contributed by atoms with Crippen molar-refractivity contribution in [2.24, 2.45) is 0 Å². The topological polar surface area (TPSA) is 44.9 Å². The van der Waals surface area contributed by atoms with Crippen molar-refractivity contribution in [1.82, 2.24) is 4.98 Å². The molecular weight excluding hydrogens is 284 g/mol. The summed E-state index contributed by atoms with van der Waals surface area (Å²) in [5, 5.41) is 4.59. The average Bonchev–Trinajstić information content (AvgIpc) is 2.85. The molecule has 0 saturated carbocycles. The number of benzene rings is 2. The molecule has 0 aliphatic carbocycles. The molecule has 3 nitrogen and oxygen atoms in total. The lowest BCUT2D eigenvalue weighted by Gasteiger charge is -2.07. The number of fused-ring (bicyclic) bond motifs is 1. The average molecular weight is 299 g/mol. The number of anilines is 1. The van der Waals surface area contributed by atoms with Crippen LogP contribution in [-0.2, 0) is 0 Å². The second-order valence-corrected chi connectivity index (χ2v) is 5.62. The van der Waals surface area contributed by atoms with Gasteiger partial charge in [-0.2, -0.15) is 0 Å². The van der Waals surface area contributed by atoms with Crippen LogP contribution in [0.5, 0.6) is 0 Å². The molecule has 0 radical (unpaired) electrons. The fraction of sp³-hybridized carbons (Fsp3) is 0.118. The molecule has 1 heterocycles. The summed E-state index contributed by atoms with van der Waals surface area (Å²) in [7, 11) is 0. The van der Waals surface area contributed by atoms with Crippen LogP contribution in [0.1, 0.15) is 21.6 Å². The lowest BCUT2D eigenvalue weighted by Crippen LogP contribution is -2.13. The highest BCUT2D eigenvalue weighted by molar-refractivity contribution is 6.30. The minimum Gasteiger partial charge on any atom is -0.351 e. The molecule has 0 aliphatic heterocycles. The summed E-state index contributed by atoms with van der Waals surface area (Å²) in [5.74, 6) is -0.158. The Bertz CT molecular complexity index is 836. The number of carbonyl (C=O) groups is 1. The number of aromatic nitrogens is 1. The Morgan fingerprint density at radius 1 is 1.10 bits per heavy atom. The molecule has 0 atom stereocenters. The second kappa shape index (κ2) is 5.26. The van der Waals surface area contributed by atoms with Crippen LogP contribution in [-0.4, -0.2) is 10.9 Å². The van der Waals surface area contributed by atoms with Crippen LogP contribution in [0.15, 0.2) is 42.5 Å². The largest absolute Gasteiger partial charge is 0.351 e. The van der Waals surface area contributed by atoms with E-state index in [-0.39, 0.29) is 5.91 Å². The van der Waals surface area contributed by atoms with Gasteiger partial charge in [0.25, 0.3) is 5.91 Å². The van der Waals surface area contributed by atoms with Crippen molar-refractivity contribution in [3.63, 3.8) is 0 Å². The van der Waals surface area contributed by atoms with E-state index in [1.807, 2.05) is 50.2 Å². The molecule has 0 spiro atoms. The highest BCUT2D eigenvalue weighted by atomic mass is 35.5. The van der Waals surface area contributed by atoms with Gasteiger partial charge in [0.05, 0.1) is 0 Å². The van der Waals surface area contributed by atoms with Crippen LogP contribution in [0.3, 0.4) is 0 Å². The van der Waals surface area contributed by atoms with E-state index in [0.29, 0.717) is 10.7 Å². The van der Waals surface area contributed by atoms with Gasteiger partial charge in [-0.1, -0.05) is 23.7 Å². The van der Waals surface area contributed by atoms with Gasteiger partial charge in [-0.05, 0) is 55.3 Å². The lowest BCUT2D eigenvalue weighted by atomic mass is 10.2. The van der Waals surface area contributed by atoms with Gasteiger partial charge in [-0.15, -0.1) is 0 Å². The number of aryl methyl sites for hydroxylation is 2. The van der Waals surface area contributed by atoms with Crippen LogP contribution in [0.4, 0.5) is 5.69 Å². The molecule has 3 aromatic rings. The van der Waals surface area contributed by atoms with Crippen molar-refractivity contribution in [1.29, 1.82) is 0 Å². The quantitative estimate of drug-likeness (QED) is 0.708. The first kappa shape index (κ1) is 13.7. The number of rotatable bonds is 2. The molecule has 106 valence electrons. The summed E-state index contributed by atoms with van der Waals surface area (Å²) in [6.45, 7) is 3.94. The van der Waals surface area contributed by atoms with Crippen molar-refractivity contribution in [2.75, 3.05) is 5.32 Å². The van der Waals surface area contributed by atoms with Crippen molar-refractivity contribution >= 4 is 34.1 Å². The zero-order valence-electron chi connectivity index (χ0n) is 11.8. The zero-order chi connectivity index (χ0) is 15.0. The van der Waals surface area contributed by atoms with Gasteiger partial charge in [-0.3, -0.25) is 4.79 Å².